The monoisotopic (exact) mass is 271 g/mol. The molecular formula is C12H9F4N3. The summed E-state index contributed by atoms with van der Waals surface area (Å²) in [7, 11) is 1.39. The molecule has 100 valence electrons. The number of halogens is 4. The fourth-order valence-corrected chi connectivity index (χ4v) is 1.51. The Labute approximate surface area is 106 Å². The van der Waals surface area contributed by atoms with Crippen molar-refractivity contribution in [3.63, 3.8) is 0 Å². The highest BCUT2D eigenvalue weighted by molar-refractivity contribution is 5.61. The zero-order chi connectivity index (χ0) is 14.0. The van der Waals surface area contributed by atoms with Crippen molar-refractivity contribution in [2.75, 3.05) is 12.4 Å². The number of nitrogens with one attached hydrogen (secondary N) is 1. The molecular weight excluding hydrogens is 262 g/mol. The van der Waals surface area contributed by atoms with Gasteiger partial charge in [0.1, 0.15) is 5.82 Å². The second-order valence-corrected chi connectivity index (χ2v) is 3.69. The first-order valence-electron chi connectivity index (χ1n) is 5.31. The van der Waals surface area contributed by atoms with E-state index in [-0.39, 0.29) is 17.2 Å². The summed E-state index contributed by atoms with van der Waals surface area (Å²) in [5.41, 5.74) is -1.25. The Kier molecular flexibility index (Phi) is 3.37. The summed E-state index contributed by atoms with van der Waals surface area (Å²) in [4.78, 5) is 7.14. The third-order valence-corrected chi connectivity index (χ3v) is 2.39. The van der Waals surface area contributed by atoms with Gasteiger partial charge in [-0.1, -0.05) is 12.1 Å². The van der Waals surface area contributed by atoms with Gasteiger partial charge >= 0.3 is 6.18 Å². The SMILES string of the molecule is CNc1nc(-c2ccccc2F)cc(C(F)(F)F)n1. The predicted octanol–water partition coefficient (Wildman–Crippen LogP) is 3.34. The second kappa shape index (κ2) is 4.83. The maximum atomic E-state index is 13.6. The van der Waals surface area contributed by atoms with Crippen LogP contribution in [0, 0.1) is 5.82 Å². The second-order valence-electron chi connectivity index (χ2n) is 3.69. The molecule has 1 heterocycles. The molecule has 0 aliphatic rings. The lowest BCUT2D eigenvalue weighted by Gasteiger charge is -2.10. The number of rotatable bonds is 2. The molecule has 7 heteroatoms. The first-order chi connectivity index (χ1) is 8.91. The van der Waals surface area contributed by atoms with Gasteiger partial charge in [0.15, 0.2) is 5.69 Å². The first-order valence-corrected chi connectivity index (χ1v) is 5.31. The van der Waals surface area contributed by atoms with Gasteiger partial charge < -0.3 is 5.32 Å². The highest BCUT2D eigenvalue weighted by atomic mass is 19.4. The third kappa shape index (κ3) is 2.81. The molecule has 0 fully saturated rings. The van der Waals surface area contributed by atoms with Crippen molar-refractivity contribution in [1.29, 1.82) is 0 Å². The summed E-state index contributed by atoms with van der Waals surface area (Å²) in [5, 5.41) is 2.42. The van der Waals surface area contributed by atoms with Crippen molar-refractivity contribution in [2.24, 2.45) is 0 Å². The third-order valence-electron chi connectivity index (χ3n) is 2.39. The fourth-order valence-electron chi connectivity index (χ4n) is 1.51. The van der Waals surface area contributed by atoms with Gasteiger partial charge in [-0.15, -0.1) is 0 Å². The van der Waals surface area contributed by atoms with Crippen molar-refractivity contribution in [1.82, 2.24) is 9.97 Å². The van der Waals surface area contributed by atoms with Crippen LogP contribution < -0.4 is 5.32 Å². The van der Waals surface area contributed by atoms with Gasteiger partial charge in [0.25, 0.3) is 0 Å². The minimum atomic E-state index is -4.62. The molecule has 1 aromatic carbocycles. The minimum Gasteiger partial charge on any atom is -0.357 e. The Morgan fingerprint density at radius 2 is 1.79 bits per heavy atom. The Bertz CT molecular complexity index is 596. The quantitative estimate of drug-likeness (QED) is 0.851. The molecule has 0 unspecified atom stereocenters. The summed E-state index contributed by atoms with van der Waals surface area (Å²) < 4.78 is 51.6. The highest BCUT2D eigenvalue weighted by Gasteiger charge is 2.33. The zero-order valence-electron chi connectivity index (χ0n) is 9.79. The summed E-state index contributed by atoms with van der Waals surface area (Å²) >= 11 is 0. The lowest BCUT2D eigenvalue weighted by atomic mass is 10.1. The van der Waals surface area contributed by atoms with Crippen molar-refractivity contribution in [2.45, 2.75) is 6.18 Å². The van der Waals surface area contributed by atoms with Crippen molar-refractivity contribution in [3.8, 4) is 11.3 Å². The van der Waals surface area contributed by atoms with Crippen molar-refractivity contribution < 1.29 is 17.6 Å². The van der Waals surface area contributed by atoms with Crippen LogP contribution in [0.15, 0.2) is 30.3 Å². The van der Waals surface area contributed by atoms with Crippen LogP contribution in [0.3, 0.4) is 0 Å². The van der Waals surface area contributed by atoms with Crippen LogP contribution >= 0.6 is 0 Å². The fraction of sp³-hybridized carbons (Fsp3) is 0.167. The van der Waals surface area contributed by atoms with Gasteiger partial charge in [0, 0.05) is 12.6 Å². The van der Waals surface area contributed by atoms with Crippen LogP contribution in [0.25, 0.3) is 11.3 Å². The average Bonchev–Trinajstić information content (AvgIpc) is 2.37. The lowest BCUT2D eigenvalue weighted by molar-refractivity contribution is -0.141. The van der Waals surface area contributed by atoms with E-state index in [0.29, 0.717) is 0 Å². The summed E-state index contributed by atoms with van der Waals surface area (Å²) in [5.74, 6) is -0.857. The molecule has 3 nitrogen and oxygen atoms in total. The number of hydrogen-bond acceptors (Lipinski definition) is 3. The summed E-state index contributed by atoms with van der Waals surface area (Å²) in [6.45, 7) is 0. The van der Waals surface area contributed by atoms with Gasteiger partial charge in [-0.05, 0) is 18.2 Å². The normalized spacial score (nSPS) is 11.4. The maximum absolute atomic E-state index is 13.6. The molecule has 19 heavy (non-hydrogen) atoms. The number of hydrogen-bond donors (Lipinski definition) is 1. The summed E-state index contributed by atoms with van der Waals surface area (Å²) in [6.07, 6.45) is -4.62. The smallest absolute Gasteiger partial charge is 0.357 e. The Balaban J connectivity index is 2.61. The molecule has 2 aromatic rings. The van der Waals surface area contributed by atoms with E-state index in [1.807, 2.05) is 0 Å². The molecule has 0 atom stereocenters. The molecule has 0 radical (unpaired) electrons. The zero-order valence-corrected chi connectivity index (χ0v) is 9.79. The minimum absolute atomic E-state index is 0.00750. The number of anilines is 1. The van der Waals surface area contributed by atoms with Crippen LogP contribution in [0.2, 0.25) is 0 Å². The van der Waals surface area contributed by atoms with E-state index in [0.717, 1.165) is 12.1 Å². The Morgan fingerprint density at radius 3 is 2.37 bits per heavy atom. The molecule has 1 aromatic heterocycles. The van der Waals surface area contributed by atoms with E-state index < -0.39 is 17.7 Å². The van der Waals surface area contributed by atoms with E-state index in [1.165, 1.54) is 25.2 Å². The maximum Gasteiger partial charge on any atom is 0.433 e. The molecule has 0 bridgehead atoms. The molecule has 1 N–H and O–H groups in total. The van der Waals surface area contributed by atoms with Gasteiger partial charge in [-0.25, -0.2) is 14.4 Å². The van der Waals surface area contributed by atoms with Crippen LogP contribution in [0.4, 0.5) is 23.5 Å². The lowest BCUT2D eigenvalue weighted by Crippen LogP contribution is -2.11. The van der Waals surface area contributed by atoms with Crippen molar-refractivity contribution >= 4 is 5.95 Å². The predicted molar refractivity (Wildman–Crippen MR) is 62.0 cm³/mol. The largest absolute Gasteiger partial charge is 0.433 e. The highest BCUT2D eigenvalue weighted by Crippen LogP contribution is 2.31. The van der Waals surface area contributed by atoms with Crippen LogP contribution in [-0.4, -0.2) is 17.0 Å². The van der Waals surface area contributed by atoms with Crippen LogP contribution in [0.5, 0.6) is 0 Å². The van der Waals surface area contributed by atoms with E-state index in [1.54, 1.807) is 0 Å². The summed E-state index contributed by atoms with van der Waals surface area (Å²) in [6, 6.07) is 6.21. The standard InChI is InChI=1S/C12H9F4N3/c1-17-11-18-9(6-10(19-11)12(14,15)16)7-4-2-3-5-8(7)13/h2-6H,1H3,(H,17,18,19). The molecule has 0 saturated heterocycles. The van der Waals surface area contributed by atoms with E-state index in [9.17, 15) is 17.6 Å². The van der Waals surface area contributed by atoms with Gasteiger partial charge in [-0.2, -0.15) is 13.2 Å². The topological polar surface area (TPSA) is 37.8 Å². The Morgan fingerprint density at radius 1 is 1.11 bits per heavy atom. The van der Waals surface area contributed by atoms with E-state index in [4.69, 9.17) is 0 Å². The van der Waals surface area contributed by atoms with E-state index in [2.05, 4.69) is 15.3 Å². The molecule has 0 spiro atoms. The van der Waals surface area contributed by atoms with Gasteiger partial charge in [-0.3, -0.25) is 0 Å². The van der Waals surface area contributed by atoms with Crippen LogP contribution in [-0.2, 0) is 6.18 Å². The molecule has 0 saturated carbocycles. The first kappa shape index (κ1) is 13.3. The Hall–Kier alpha value is -2.18. The van der Waals surface area contributed by atoms with E-state index >= 15 is 0 Å². The molecule has 2 rings (SSSR count). The number of aromatic nitrogens is 2. The van der Waals surface area contributed by atoms with Crippen LogP contribution in [0.1, 0.15) is 5.69 Å². The van der Waals surface area contributed by atoms with Gasteiger partial charge in [0.2, 0.25) is 5.95 Å². The average molecular weight is 271 g/mol. The molecule has 0 aliphatic carbocycles. The van der Waals surface area contributed by atoms with Gasteiger partial charge in [0.05, 0.1) is 5.69 Å². The number of alkyl halides is 3. The van der Waals surface area contributed by atoms with Crippen molar-refractivity contribution in [3.05, 3.63) is 41.8 Å². The number of nitrogens with zero attached hydrogens (tertiary/aromatic N) is 2. The molecule has 0 amide bonds. The molecule has 0 aliphatic heterocycles. The number of benzene rings is 1.